The molecule has 2 aromatic heterocycles. The predicted molar refractivity (Wildman–Crippen MR) is 113 cm³/mol. The maximum atomic E-state index is 14.3. The zero-order chi connectivity index (χ0) is 19.8. The van der Waals surface area contributed by atoms with Crippen molar-refractivity contribution in [2.75, 3.05) is 5.32 Å². The Morgan fingerprint density at radius 1 is 0.966 bits per heavy atom. The molecule has 0 aliphatic heterocycles. The lowest BCUT2D eigenvalue weighted by Crippen LogP contribution is -2.05. The summed E-state index contributed by atoms with van der Waals surface area (Å²) in [6, 6.07) is 13.6. The Labute approximate surface area is 171 Å². The number of hydrogen-bond donors (Lipinski definition) is 1. The third-order valence-corrected chi connectivity index (χ3v) is 6.44. The highest BCUT2D eigenvalue weighted by atomic mass is 32.1. The lowest BCUT2D eigenvalue weighted by molar-refractivity contribution is 0.586. The fourth-order valence-electron chi connectivity index (χ4n) is 3.87. The van der Waals surface area contributed by atoms with Crippen molar-refractivity contribution < 1.29 is 8.78 Å². The number of hydrogen-bond acceptors (Lipinski definition) is 4. The van der Waals surface area contributed by atoms with E-state index in [1.165, 1.54) is 29.0 Å². The summed E-state index contributed by atoms with van der Waals surface area (Å²) in [7, 11) is 0. The number of halogens is 2. The summed E-state index contributed by atoms with van der Waals surface area (Å²) in [5.41, 5.74) is 2.60. The number of thiophene rings is 1. The first-order valence-electron chi connectivity index (χ1n) is 9.74. The van der Waals surface area contributed by atoms with Crippen LogP contribution in [0.1, 0.15) is 34.7 Å². The summed E-state index contributed by atoms with van der Waals surface area (Å²) >= 11 is 1.71. The molecular weight excluding hydrogens is 388 g/mol. The molecule has 0 spiro atoms. The van der Waals surface area contributed by atoms with Gasteiger partial charge in [0.05, 0.1) is 11.1 Å². The van der Waals surface area contributed by atoms with Crippen molar-refractivity contribution in [1.82, 2.24) is 9.97 Å². The average molecular weight is 407 g/mol. The molecule has 0 fully saturated rings. The first-order valence-corrected chi connectivity index (χ1v) is 10.6. The Kier molecular flexibility index (Phi) is 4.72. The van der Waals surface area contributed by atoms with Gasteiger partial charge in [0, 0.05) is 17.4 Å². The highest BCUT2D eigenvalue weighted by molar-refractivity contribution is 7.19. The Morgan fingerprint density at radius 2 is 1.79 bits per heavy atom. The largest absolute Gasteiger partial charge is 0.337 e. The highest BCUT2D eigenvalue weighted by Crippen LogP contribution is 2.39. The zero-order valence-electron chi connectivity index (χ0n) is 15.7. The molecule has 2 aromatic carbocycles. The standard InChI is InChI=1S/C23H19F2N3S/c24-15-10-11-18(17(25)13-15)26-22-21-16-8-4-5-9-19(16)29-23(21)28-20(27-22)12-14-6-2-1-3-7-14/h1-3,6-7,10-11,13H,4-5,8-9,12H2,(H,26,27,28). The Morgan fingerprint density at radius 3 is 2.62 bits per heavy atom. The van der Waals surface area contributed by atoms with Crippen LogP contribution in [0.15, 0.2) is 48.5 Å². The lowest BCUT2D eigenvalue weighted by atomic mass is 9.97. The molecule has 0 amide bonds. The summed E-state index contributed by atoms with van der Waals surface area (Å²) < 4.78 is 27.6. The fraction of sp³-hybridized carbons (Fsp3) is 0.217. The topological polar surface area (TPSA) is 37.8 Å². The molecule has 0 atom stereocenters. The van der Waals surface area contributed by atoms with E-state index in [4.69, 9.17) is 9.97 Å². The average Bonchev–Trinajstić information content (AvgIpc) is 3.09. The van der Waals surface area contributed by atoms with E-state index in [0.717, 1.165) is 41.1 Å². The molecule has 3 nitrogen and oxygen atoms in total. The summed E-state index contributed by atoms with van der Waals surface area (Å²) in [6.45, 7) is 0. The number of nitrogens with zero attached hydrogens (tertiary/aromatic N) is 2. The van der Waals surface area contributed by atoms with Crippen LogP contribution in [0.25, 0.3) is 10.2 Å². The number of fused-ring (bicyclic) bond motifs is 3. The predicted octanol–water partition coefficient (Wildman–Crippen LogP) is 6.18. The first kappa shape index (κ1) is 18.2. The van der Waals surface area contributed by atoms with Gasteiger partial charge in [-0.15, -0.1) is 11.3 Å². The van der Waals surface area contributed by atoms with E-state index in [1.807, 2.05) is 30.3 Å². The van der Waals surface area contributed by atoms with Crippen molar-refractivity contribution >= 4 is 33.1 Å². The van der Waals surface area contributed by atoms with E-state index in [0.29, 0.717) is 18.1 Å². The molecule has 0 unspecified atom stereocenters. The van der Waals surface area contributed by atoms with Crippen LogP contribution in [0.3, 0.4) is 0 Å². The van der Waals surface area contributed by atoms with Gasteiger partial charge in [0.15, 0.2) is 0 Å². The number of anilines is 2. The SMILES string of the molecule is Fc1ccc(Nc2nc(Cc3ccccc3)nc3sc4c(c23)CCCC4)c(F)c1. The first-order chi connectivity index (χ1) is 14.2. The van der Waals surface area contributed by atoms with E-state index >= 15 is 0 Å². The van der Waals surface area contributed by atoms with Gasteiger partial charge in [-0.25, -0.2) is 18.7 Å². The Hall–Kier alpha value is -2.86. The van der Waals surface area contributed by atoms with Gasteiger partial charge in [0.2, 0.25) is 0 Å². The van der Waals surface area contributed by atoms with Crippen molar-refractivity contribution in [2.45, 2.75) is 32.1 Å². The monoisotopic (exact) mass is 407 g/mol. The summed E-state index contributed by atoms with van der Waals surface area (Å²) in [4.78, 5) is 11.9. The summed E-state index contributed by atoms with van der Waals surface area (Å²) in [5.74, 6) is 0.0576. The summed E-state index contributed by atoms with van der Waals surface area (Å²) in [5, 5.41) is 4.10. The lowest BCUT2D eigenvalue weighted by Gasteiger charge is -2.14. The minimum atomic E-state index is -0.634. The quantitative estimate of drug-likeness (QED) is 0.439. The number of aromatic nitrogens is 2. The molecule has 29 heavy (non-hydrogen) atoms. The summed E-state index contributed by atoms with van der Waals surface area (Å²) in [6.07, 6.45) is 4.94. The second-order valence-electron chi connectivity index (χ2n) is 7.29. The third kappa shape index (κ3) is 3.60. The second kappa shape index (κ2) is 7.52. The van der Waals surface area contributed by atoms with Crippen molar-refractivity contribution in [3.63, 3.8) is 0 Å². The molecule has 0 saturated carbocycles. The van der Waals surface area contributed by atoms with Gasteiger partial charge >= 0.3 is 0 Å². The molecular formula is C23H19F2N3S. The van der Waals surface area contributed by atoms with Gasteiger partial charge in [-0.3, -0.25) is 0 Å². The fourth-order valence-corrected chi connectivity index (χ4v) is 5.15. The van der Waals surface area contributed by atoms with E-state index in [9.17, 15) is 8.78 Å². The van der Waals surface area contributed by atoms with E-state index in [-0.39, 0.29) is 5.69 Å². The van der Waals surface area contributed by atoms with Crippen LogP contribution in [0.5, 0.6) is 0 Å². The Balaban J connectivity index is 1.63. The molecule has 1 aliphatic rings. The van der Waals surface area contributed by atoms with Crippen molar-refractivity contribution in [1.29, 1.82) is 0 Å². The van der Waals surface area contributed by atoms with Crippen molar-refractivity contribution in [3.8, 4) is 0 Å². The molecule has 2 heterocycles. The number of nitrogens with one attached hydrogen (secondary N) is 1. The molecule has 0 saturated heterocycles. The van der Waals surface area contributed by atoms with Crippen LogP contribution in [0.2, 0.25) is 0 Å². The minimum absolute atomic E-state index is 0.216. The molecule has 0 radical (unpaired) electrons. The molecule has 0 bridgehead atoms. The van der Waals surface area contributed by atoms with Crippen LogP contribution in [-0.2, 0) is 19.3 Å². The smallest absolute Gasteiger partial charge is 0.149 e. The van der Waals surface area contributed by atoms with Crippen LogP contribution < -0.4 is 5.32 Å². The van der Waals surface area contributed by atoms with Gasteiger partial charge in [0.25, 0.3) is 0 Å². The van der Waals surface area contributed by atoms with E-state index < -0.39 is 11.6 Å². The van der Waals surface area contributed by atoms with Crippen LogP contribution in [-0.4, -0.2) is 9.97 Å². The van der Waals surface area contributed by atoms with Crippen LogP contribution in [0.4, 0.5) is 20.3 Å². The molecule has 146 valence electrons. The van der Waals surface area contributed by atoms with Crippen LogP contribution >= 0.6 is 11.3 Å². The van der Waals surface area contributed by atoms with Crippen molar-refractivity contribution in [3.05, 3.63) is 82.0 Å². The second-order valence-corrected chi connectivity index (χ2v) is 8.37. The van der Waals surface area contributed by atoms with Gasteiger partial charge in [-0.2, -0.15) is 0 Å². The van der Waals surface area contributed by atoms with E-state index in [1.54, 1.807) is 11.3 Å². The maximum Gasteiger partial charge on any atom is 0.149 e. The third-order valence-electron chi connectivity index (χ3n) is 5.25. The molecule has 6 heteroatoms. The normalized spacial score (nSPS) is 13.4. The minimum Gasteiger partial charge on any atom is -0.337 e. The van der Waals surface area contributed by atoms with Crippen molar-refractivity contribution in [2.24, 2.45) is 0 Å². The molecule has 1 N–H and O–H groups in total. The number of aryl methyl sites for hydroxylation is 2. The van der Waals surface area contributed by atoms with Crippen LogP contribution in [0, 0.1) is 11.6 Å². The van der Waals surface area contributed by atoms with Gasteiger partial charge in [0.1, 0.15) is 28.1 Å². The number of rotatable bonds is 4. The van der Waals surface area contributed by atoms with Gasteiger partial charge < -0.3 is 5.32 Å². The molecule has 1 aliphatic carbocycles. The zero-order valence-corrected chi connectivity index (χ0v) is 16.5. The Bertz CT molecular complexity index is 1190. The maximum absolute atomic E-state index is 14.3. The number of benzene rings is 2. The van der Waals surface area contributed by atoms with E-state index in [2.05, 4.69) is 5.32 Å². The van der Waals surface area contributed by atoms with Gasteiger partial charge in [-0.1, -0.05) is 30.3 Å². The molecule has 5 rings (SSSR count). The molecule has 4 aromatic rings. The van der Waals surface area contributed by atoms with Gasteiger partial charge in [-0.05, 0) is 48.9 Å². The highest BCUT2D eigenvalue weighted by Gasteiger charge is 2.22.